The third-order valence-electron chi connectivity index (χ3n) is 3.02. The predicted octanol–water partition coefficient (Wildman–Crippen LogP) is 1.98. The van der Waals surface area contributed by atoms with Gasteiger partial charge >= 0.3 is 0 Å². The molecular weight excluding hydrogens is 244 g/mol. The Morgan fingerprint density at radius 1 is 1.42 bits per heavy atom. The second-order valence-electron chi connectivity index (χ2n) is 4.33. The maximum absolute atomic E-state index is 11.7. The molecule has 0 saturated heterocycles. The van der Waals surface area contributed by atoms with Crippen molar-refractivity contribution in [3.8, 4) is 0 Å². The number of fused-ring (bicyclic) bond motifs is 1. The Hall–Kier alpha value is -2.01. The fourth-order valence-electron chi connectivity index (χ4n) is 2.01. The molecule has 0 aliphatic rings. The Labute approximate surface area is 110 Å². The summed E-state index contributed by atoms with van der Waals surface area (Å²) in [6.07, 6.45) is 3.59. The SMILES string of the molecule is CC(OCCCC=O)c1cccc2c(=O)[nH]ncc12. The van der Waals surface area contributed by atoms with Gasteiger partial charge in [0.25, 0.3) is 5.56 Å². The van der Waals surface area contributed by atoms with Crippen molar-refractivity contribution in [1.29, 1.82) is 0 Å². The first-order valence-corrected chi connectivity index (χ1v) is 6.25. The molecule has 0 amide bonds. The largest absolute Gasteiger partial charge is 0.374 e. The molecule has 0 spiro atoms. The first-order valence-electron chi connectivity index (χ1n) is 6.25. The standard InChI is InChI=1S/C14H16N2O3/c1-10(19-8-3-2-7-17)11-5-4-6-12-13(11)9-15-16-14(12)18/h4-7,9-10H,2-3,8H2,1H3,(H,16,18). The molecule has 1 atom stereocenters. The van der Waals surface area contributed by atoms with Crippen molar-refractivity contribution in [2.24, 2.45) is 0 Å². The molecule has 0 aliphatic heterocycles. The molecule has 0 bridgehead atoms. The minimum Gasteiger partial charge on any atom is -0.374 e. The molecule has 5 nitrogen and oxygen atoms in total. The number of H-pyrrole nitrogens is 1. The number of aromatic nitrogens is 2. The van der Waals surface area contributed by atoms with Gasteiger partial charge in [-0.3, -0.25) is 4.79 Å². The van der Waals surface area contributed by atoms with Gasteiger partial charge in [-0.1, -0.05) is 12.1 Å². The molecule has 1 N–H and O–H groups in total. The summed E-state index contributed by atoms with van der Waals surface area (Å²) < 4.78 is 5.68. The summed E-state index contributed by atoms with van der Waals surface area (Å²) in [6, 6.07) is 5.52. The van der Waals surface area contributed by atoms with E-state index >= 15 is 0 Å². The minimum absolute atomic E-state index is 0.140. The molecular formula is C14H16N2O3. The maximum atomic E-state index is 11.7. The molecule has 0 radical (unpaired) electrons. The Bertz CT molecular complexity index is 621. The average molecular weight is 260 g/mol. The number of unbranched alkanes of at least 4 members (excludes halogenated alkanes) is 1. The van der Waals surface area contributed by atoms with E-state index in [1.165, 1.54) is 0 Å². The van der Waals surface area contributed by atoms with Gasteiger partial charge in [-0.15, -0.1) is 0 Å². The number of hydrogen-bond acceptors (Lipinski definition) is 4. The van der Waals surface area contributed by atoms with Gasteiger partial charge in [0.15, 0.2) is 0 Å². The smallest absolute Gasteiger partial charge is 0.272 e. The van der Waals surface area contributed by atoms with Crippen LogP contribution in [0.5, 0.6) is 0 Å². The van der Waals surface area contributed by atoms with E-state index in [9.17, 15) is 9.59 Å². The topological polar surface area (TPSA) is 72.1 Å². The molecule has 2 aromatic rings. The first kappa shape index (κ1) is 13.4. The molecule has 1 unspecified atom stereocenters. The van der Waals surface area contributed by atoms with Crippen LogP contribution < -0.4 is 5.56 Å². The van der Waals surface area contributed by atoms with Crippen LogP contribution in [0.3, 0.4) is 0 Å². The second kappa shape index (κ2) is 6.24. The van der Waals surface area contributed by atoms with Crippen LogP contribution >= 0.6 is 0 Å². The van der Waals surface area contributed by atoms with Crippen LogP contribution in [0.2, 0.25) is 0 Å². The van der Waals surface area contributed by atoms with Crippen molar-refractivity contribution in [2.75, 3.05) is 6.61 Å². The van der Waals surface area contributed by atoms with Crippen LogP contribution in [0, 0.1) is 0 Å². The summed E-state index contributed by atoms with van der Waals surface area (Å²) in [4.78, 5) is 21.9. The summed E-state index contributed by atoms with van der Waals surface area (Å²) in [5, 5.41) is 7.65. The normalized spacial score (nSPS) is 12.5. The zero-order chi connectivity index (χ0) is 13.7. The monoisotopic (exact) mass is 260 g/mol. The van der Waals surface area contributed by atoms with E-state index < -0.39 is 0 Å². The van der Waals surface area contributed by atoms with Gasteiger partial charge in [-0.2, -0.15) is 5.10 Å². The molecule has 1 aromatic heterocycles. The van der Waals surface area contributed by atoms with Crippen LogP contribution in [-0.4, -0.2) is 23.1 Å². The number of carbonyl (C=O) groups excluding carboxylic acids is 1. The fraction of sp³-hybridized carbons (Fsp3) is 0.357. The Morgan fingerprint density at radius 3 is 3.05 bits per heavy atom. The van der Waals surface area contributed by atoms with Crippen LogP contribution in [0.1, 0.15) is 31.4 Å². The van der Waals surface area contributed by atoms with Gasteiger partial charge in [0, 0.05) is 18.4 Å². The second-order valence-corrected chi connectivity index (χ2v) is 4.33. The lowest BCUT2D eigenvalue weighted by atomic mass is 10.0. The summed E-state index contributed by atoms with van der Waals surface area (Å²) in [5.41, 5.74) is 0.731. The van der Waals surface area contributed by atoms with Crippen molar-refractivity contribution in [2.45, 2.75) is 25.9 Å². The number of carbonyl (C=O) groups is 1. The lowest BCUT2D eigenvalue weighted by molar-refractivity contribution is -0.108. The number of rotatable bonds is 6. The Kier molecular flexibility index (Phi) is 4.41. The average Bonchev–Trinajstić information content (AvgIpc) is 2.43. The van der Waals surface area contributed by atoms with Gasteiger partial charge in [-0.25, -0.2) is 5.10 Å². The van der Waals surface area contributed by atoms with Crippen LogP contribution in [-0.2, 0) is 9.53 Å². The van der Waals surface area contributed by atoms with E-state index in [2.05, 4.69) is 10.2 Å². The van der Waals surface area contributed by atoms with Gasteiger partial charge in [0.1, 0.15) is 6.29 Å². The van der Waals surface area contributed by atoms with Crippen molar-refractivity contribution >= 4 is 17.1 Å². The van der Waals surface area contributed by atoms with Crippen molar-refractivity contribution in [3.05, 3.63) is 40.3 Å². The molecule has 0 aliphatic carbocycles. The molecule has 2 rings (SSSR count). The van der Waals surface area contributed by atoms with Gasteiger partial charge in [0.2, 0.25) is 0 Å². The van der Waals surface area contributed by atoms with Crippen molar-refractivity contribution in [3.63, 3.8) is 0 Å². The highest BCUT2D eigenvalue weighted by molar-refractivity contribution is 5.84. The summed E-state index contributed by atoms with van der Waals surface area (Å²) in [7, 11) is 0. The van der Waals surface area contributed by atoms with Crippen LogP contribution in [0.4, 0.5) is 0 Å². The van der Waals surface area contributed by atoms with E-state index in [4.69, 9.17) is 4.74 Å². The van der Waals surface area contributed by atoms with E-state index in [1.54, 1.807) is 12.3 Å². The summed E-state index contributed by atoms with van der Waals surface area (Å²) >= 11 is 0. The minimum atomic E-state index is -0.201. The molecule has 0 fully saturated rings. The highest BCUT2D eigenvalue weighted by atomic mass is 16.5. The number of aldehydes is 1. The molecule has 1 aromatic carbocycles. The zero-order valence-corrected chi connectivity index (χ0v) is 10.8. The lowest BCUT2D eigenvalue weighted by Gasteiger charge is -2.14. The molecule has 5 heteroatoms. The fourth-order valence-corrected chi connectivity index (χ4v) is 2.01. The summed E-state index contributed by atoms with van der Waals surface area (Å²) in [5.74, 6) is 0. The van der Waals surface area contributed by atoms with Gasteiger partial charge in [-0.05, 0) is 25.0 Å². The Morgan fingerprint density at radius 2 is 2.26 bits per heavy atom. The number of ether oxygens (including phenoxy) is 1. The highest BCUT2D eigenvalue weighted by Crippen LogP contribution is 2.24. The molecule has 0 saturated carbocycles. The number of benzene rings is 1. The zero-order valence-electron chi connectivity index (χ0n) is 10.8. The maximum Gasteiger partial charge on any atom is 0.272 e. The lowest BCUT2D eigenvalue weighted by Crippen LogP contribution is -2.10. The number of nitrogens with one attached hydrogen (secondary N) is 1. The first-order chi connectivity index (χ1) is 9.24. The van der Waals surface area contributed by atoms with Crippen molar-refractivity contribution in [1.82, 2.24) is 10.2 Å². The third-order valence-corrected chi connectivity index (χ3v) is 3.02. The molecule has 100 valence electrons. The van der Waals surface area contributed by atoms with E-state index in [-0.39, 0.29) is 11.7 Å². The molecule has 1 heterocycles. The quantitative estimate of drug-likeness (QED) is 0.636. The molecule has 19 heavy (non-hydrogen) atoms. The van der Waals surface area contributed by atoms with Crippen molar-refractivity contribution < 1.29 is 9.53 Å². The summed E-state index contributed by atoms with van der Waals surface area (Å²) in [6.45, 7) is 2.45. The number of nitrogens with zero attached hydrogens (tertiary/aromatic N) is 1. The van der Waals surface area contributed by atoms with Crippen LogP contribution in [0.25, 0.3) is 10.8 Å². The number of hydrogen-bond donors (Lipinski definition) is 1. The van der Waals surface area contributed by atoms with E-state index in [1.807, 2.05) is 19.1 Å². The van der Waals surface area contributed by atoms with Gasteiger partial charge < -0.3 is 9.53 Å². The highest BCUT2D eigenvalue weighted by Gasteiger charge is 2.11. The van der Waals surface area contributed by atoms with E-state index in [0.717, 1.165) is 17.2 Å². The van der Waals surface area contributed by atoms with Crippen LogP contribution in [0.15, 0.2) is 29.2 Å². The predicted molar refractivity (Wildman–Crippen MR) is 72.0 cm³/mol. The third kappa shape index (κ3) is 3.06. The van der Waals surface area contributed by atoms with E-state index in [0.29, 0.717) is 24.8 Å². The Balaban J connectivity index is 2.22. The number of aromatic amines is 1. The van der Waals surface area contributed by atoms with Gasteiger partial charge in [0.05, 0.1) is 17.7 Å².